The van der Waals surface area contributed by atoms with Crippen LogP contribution < -0.4 is 10.6 Å². The van der Waals surface area contributed by atoms with Gasteiger partial charge in [-0.2, -0.15) is 0 Å². The van der Waals surface area contributed by atoms with Crippen molar-refractivity contribution in [3.63, 3.8) is 0 Å². The van der Waals surface area contributed by atoms with E-state index in [1.54, 1.807) is 0 Å². The lowest BCUT2D eigenvalue weighted by atomic mass is 10.0. The Morgan fingerprint density at radius 1 is 0.600 bits per heavy atom. The van der Waals surface area contributed by atoms with E-state index in [4.69, 9.17) is 10.2 Å². The molecule has 0 heterocycles. The molecule has 40 heavy (non-hydrogen) atoms. The van der Waals surface area contributed by atoms with Crippen molar-refractivity contribution in [1.29, 1.82) is 0 Å². The molecular weight excluding hydrogens is 588 g/mol. The fourth-order valence-electron chi connectivity index (χ4n) is 2.72. The molecule has 0 aromatic rings. The third-order valence-electron chi connectivity index (χ3n) is 5.20. The number of ether oxygens (including phenoxy) is 2. The van der Waals surface area contributed by atoms with Crippen LogP contribution in [0.5, 0.6) is 0 Å². The number of carbonyl (C=O) groups excluding carboxylic acids is 4. The Bertz CT molecular complexity index is 746. The van der Waals surface area contributed by atoms with Gasteiger partial charge in [0, 0.05) is 11.5 Å². The van der Waals surface area contributed by atoms with E-state index in [1.165, 1.54) is 0 Å². The second-order valence-corrected chi connectivity index (χ2v) is 10.6. The molecule has 20 heteroatoms. The summed E-state index contributed by atoms with van der Waals surface area (Å²) < 4.78 is 9.11. The molecule has 0 aromatic heterocycles. The molecule has 0 rings (SSSR count). The van der Waals surface area contributed by atoms with Crippen LogP contribution in [0, 0.1) is 0 Å². The minimum atomic E-state index is -2.32. The van der Waals surface area contributed by atoms with Gasteiger partial charge >= 0.3 is 11.9 Å². The third-order valence-corrected chi connectivity index (χ3v) is 7.63. The molecule has 0 bridgehead atoms. The maximum Gasteiger partial charge on any atom is 0.329 e. The maximum absolute atomic E-state index is 12.2. The van der Waals surface area contributed by atoms with Crippen molar-refractivity contribution in [2.24, 2.45) is 0 Å². The fourth-order valence-corrected chi connectivity index (χ4v) is 5.02. The number of esters is 2. The molecule has 0 aromatic carbocycles. The molecule has 0 unspecified atom stereocenters. The van der Waals surface area contributed by atoms with E-state index in [2.05, 4.69) is 20.1 Å². The summed E-state index contributed by atoms with van der Waals surface area (Å²) in [4.78, 5) is 48.6. The lowest BCUT2D eigenvalue weighted by Gasteiger charge is -2.26. The SMILES string of the molecule is COC(=O)[C@H](CSSC[C@H](NC(=O)[C@H](O)[C@@H](O)[C@H](O)[C@H](O)CO)C(=O)OC)NC(=O)[C@H](O)[C@@H](O)[C@H](O)[C@H](O)CO. The number of aliphatic hydroxyl groups is 10. The summed E-state index contributed by atoms with van der Waals surface area (Å²) in [5.74, 6) is -5.17. The average Bonchev–Trinajstić information content (AvgIpc) is 2.97. The molecule has 0 aliphatic carbocycles. The Kier molecular flexibility index (Phi) is 18.4. The average molecular weight is 625 g/mol. The van der Waals surface area contributed by atoms with Gasteiger partial charge < -0.3 is 71.2 Å². The molecule has 18 nitrogen and oxygen atoms in total. The molecule has 0 spiro atoms. The van der Waals surface area contributed by atoms with E-state index in [1.807, 2.05) is 0 Å². The first-order valence-corrected chi connectivity index (χ1v) is 13.8. The predicted molar refractivity (Wildman–Crippen MR) is 135 cm³/mol. The lowest BCUT2D eigenvalue weighted by molar-refractivity contribution is -0.153. The largest absolute Gasteiger partial charge is 0.467 e. The molecular formula is C20H36N2O16S2. The van der Waals surface area contributed by atoms with Crippen molar-refractivity contribution in [3.05, 3.63) is 0 Å². The zero-order valence-electron chi connectivity index (χ0n) is 21.3. The second-order valence-electron chi connectivity index (χ2n) is 8.09. The Balaban J connectivity index is 5.16. The standard InChI is InChI=1S/C20H36N2O16S2/c1-37-19(35)7(21-17(33)15(31)13(29)11(27)9(25)3-23)5-39-40-6-8(20(36)38-2)22-18(34)16(32)14(30)12(28)10(26)4-24/h7-16,23-32H,3-6H2,1-2H3,(H,21,33)(H,22,34)/t7-,8-,9+,10+,11+,12+,13-,14-,15+,16+/m0/s1. The van der Waals surface area contributed by atoms with Crippen LogP contribution in [-0.2, 0) is 28.7 Å². The number of amides is 2. The molecule has 10 atom stereocenters. The van der Waals surface area contributed by atoms with Gasteiger partial charge in [0.2, 0.25) is 0 Å². The predicted octanol–water partition coefficient (Wildman–Crippen LogP) is -7.44. The summed E-state index contributed by atoms with van der Waals surface area (Å²) in [5, 5.41) is 99.3. The molecule has 0 saturated heterocycles. The van der Waals surface area contributed by atoms with Crippen molar-refractivity contribution in [3.8, 4) is 0 Å². The van der Waals surface area contributed by atoms with E-state index in [-0.39, 0.29) is 11.5 Å². The first-order valence-electron chi connectivity index (χ1n) is 11.3. The van der Waals surface area contributed by atoms with E-state index < -0.39 is 97.9 Å². The number of aliphatic hydroxyl groups excluding tert-OH is 10. The van der Waals surface area contributed by atoms with Gasteiger partial charge in [-0.15, -0.1) is 0 Å². The highest BCUT2D eigenvalue weighted by atomic mass is 33.1. The quantitative estimate of drug-likeness (QED) is 0.0360. The Labute approximate surface area is 235 Å². The highest BCUT2D eigenvalue weighted by Gasteiger charge is 2.37. The van der Waals surface area contributed by atoms with Crippen LogP contribution in [0.2, 0.25) is 0 Å². The first-order chi connectivity index (χ1) is 18.7. The molecule has 12 N–H and O–H groups in total. The van der Waals surface area contributed by atoms with E-state index >= 15 is 0 Å². The molecule has 0 aliphatic rings. The summed E-state index contributed by atoms with van der Waals surface area (Å²) in [6.45, 7) is -1.96. The van der Waals surface area contributed by atoms with Crippen LogP contribution in [0.1, 0.15) is 0 Å². The highest BCUT2D eigenvalue weighted by Crippen LogP contribution is 2.24. The van der Waals surface area contributed by atoms with Crippen LogP contribution in [0.4, 0.5) is 0 Å². The van der Waals surface area contributed by atoms with Gasteiger partial charge in [-0.3, -0.25) is 9.59 Å². The van der Waals surface area contributed by atoms with Crippen molar-refractivity contribution in [2.75, 3.05) is 38.9 Å². The minimum Gasteiger partial charge on any atom is -0.467 e. The molecule has 0 fully saturated rings. The molecule has 0 aliphatic heterocycles. The van der Waals surface area contributed by atoms with Crippen LogP contribution in [-0.4, -0.2) is 175 Å². The normalized spacial score (nSPS) is 19.0. The zero-order valence-corrected chi connectivity index (χ0v) is 23.0. The molecule has 0 saturated carbocycles. The van der Waals surface area contributed by atoms with Crippen molar-refractivity contribution in [2.45, 2.75) is 60.9 Å². The van der Waals surface area contributed by atoms with Crippen molar-refractivity contribution in [1.82, 2.24) is 10.6 Å². The van der Waals surface area contributed by atoms with E-state index in [9.17, 15) is 60.0 Å². The number of rotatable bonds is 19. The zero-order chi connectivity index (χ0) is 31.2. The van der Waals surface area contributed by atoms with E-state index in [0.717, 1.165) is 35.8 Å². The Hall–Kier alpha value is -1.82. The summed E-state index contributed by atoms with van der Waals surface area (Å²) in [7, 11) is 3.69. The minimum absolute atomic E-state index is 0.262. The van der Waals surface area contributed by atoms with Gasteiger partial charge in [0.05, 0.1) is 27.4 Å². The fraction of sp³-hybridized carbons (Fsp3) is 0.800. The van der Waals surface area contributed by atoms with Gasteiger partial charge in [-0.25, -0.2) is 9.59 Å². The monoisotopic (exact) mass is 624 g/mol. The van der Waals surface area contributed by atoms with Crippen LogP contribution >= 0.6 is 21.6 Å². The number of methoxy groups -OCH3 is 2. The Morgan fingerprint density at radius 2 is 0.900 bits per heavy atom. The van der Waals surface area contributed by atoms with E-state index in [0.29, 0.717) is 0 Å². The van der Waals surface area contributed by atoms with Gasteiger partial charge in [0.1, 0.15) is 48.7 Å². The molecule has 0 radical (unpaired) electrons. The number of hydrogen-bond acceptors (Lipinski definition) is 18. The molecule has 2 amide bonds. The van der Waals surface area contributed by atoms with Gasteiger partial charge in [0.15, 0.2) is 12.2 Å². The molecule has 234 valence electrons. The summed E-state index contributed by atoms with van der Waals surface area (Å²) in [6, 6.07) is -2.86. The van der Waals surface area contributed by atoms with Crippen LogP contribution in [0.3, 0.4) is 0 Å². The van der Waals surface area contributed by atoms with Gasteiger partial charge in [0.25, 0.3) is 11.8 Å². The second kappa shape index (κ2) is 19.3. The summed E-state index contributed by atoms with van der Waals surface area (Å²) in [6.07, 6.45) is -17.0. The lowest BCUT2D eigenvalue weighted by Crippen LogP contribution is -2.55. The number of nitrogens with one attached hydrogen (secondary N) is 2. The highest BCUT2D eigenvalue weighted by molar-refractivity contribution is 8.76. The van der Waals surface area contributed by atoms with Gasteiger partial charge in [-0.05, 0) is 0 Å². The van der Waals surface area contributed by atoms with Crippen LogP contribution in [0.25, 0.3) is 0 Å². The van der Waals surface area contributed by atoms with Crippen LogP contribution in [0.15, 0.2) is 0 Å². The number of hydrogen-bond donors (Lipinski definition) is 12. The first kappa shape index (κ1) is 38.2. The number of carbonyl (C=O) groups is 4. The smallest absolute Gasteiger partial charge is 0.329 e. The van der Waals surface area contributed by atoms with Gasteiger partial charge in [-0.1, -0.05) is 21.6 Å². The van der Waals surface area contributed by atoms with Crippen molar-refractivity contribution < 1.29 is 79.7 Å². The van der Waals surface area contributed by atoms with Crippen molar-refractivity contribution >= 4 is 45.3 Å². The summed E-state index contributed by atoms with van der Waals surface area (Å²) >= 11 is 0. The topological polar surface area (TPSA) is 313 Å². The summed E-state index contributed by atoms with van der Waals surface area (Å²) in [5.41, 5.74) is 0. The Morgan fingerprint density at radius 3 is 1.15 bits per heavy atom. The maximum atomic E-state index is 12.2. The third kappa shape index (κ3) is 12.0.